The third-order valence-electron chi connectivity index (χ3n) is 3.02. The van der Waals surface area contributed by atoms with Gasteiger partial charge in [-0.1, -0.05) is 0 Å². The first-order valence-corrected chi connectivity index (χ1v) is 5.95. The highest BCUT2D eigenvalue weighted by Crippen LogP contribution is 2.14. The Balaban J connectivity index is 2.45. The fourth-order valence-corrected chi connectivity index (χ4v) is 2.23. The van der Waals surface area contributed by atoms with Gasteiger partial charge in [0, 0.05) is 27.2 Å². The first kappa shape index (κ1) is 12.8. The molecule has 2 unspecified atom stereocenters. The van der Waals surface area contributed by atoms with Crippen LogP contribution in [0.1, 0.15) is 13.8 Å². The third kappa shape index (κ3) is 2.17. The first-order chi connectivity index (χ1) is 8.40. The average molecular weight is 254 g/mol. The number of aromatic nitrogens is 3. The Bertz CT molecular complexity index is 552. The van der Waals surface area contributed by atoms with Gasteiger partial charge in [0.1, 0.15) is 0 Å². The summed E-state index contributed by atoms with van der Waals surface area (Å²) in [5, 5.41) is 4.07. The molecule has 0 amide bonds. The van der Waals surface area contributed by atoms with Crippen LogP contribution in [0, 0.1) is 0 Å². The highest BCUT2D eigenvalue weighted by Gasteiger charge is 2.26. The molecule has 100 valence electrons. The number of ether oxygens (including phenoxy) is 1. The maximum Gasteiger partial charge on any atom is 0.346 e. The van der Waals surface area contributed by atoms with E-state index in [2.05, 4.69) is 5.10 Å². The largest absolute Gasteiger partial charge is 0.372 e. The quantitative estimate of drug-likeness (QED) is 0.649. The normalized spacial score (nSPS) is 24.3. The van der Waals surface area contributed by atoms with Crippen molar-refractivity contribution in [2.45, 2.75) is 26.1 Å². The fraction of sp³-hybridized carbons (Fsp3) is 0.727. The zero-order valence-electron chi connectivity index (χ0n) is 11.1. The molecule has 2 rings (SSSR count). The summed E-state index contributed by atoms with van der Waals surface area (Å²) in [6.45, 7) is 5.11. The lowest BCUT2D eigenvalue weighted by atomic mass is 10.2. The van der Waals surface area contributed by atoms with Crippen LogP contribution in [0.3, 0.4) is 0 Å². The van der Waals surface area contributed by atoms with Crippen LogP contribution in [0.5, 0.6) is 0 Å². The minimum atomic E-state index is -0.418. The van der Waals surface area contributed by atoms with Gasteiger partial charge in [-0.05, 0) is 13.8 Å². The Morgan fingerprint density at radius 3 is 2.28 bits per heavy atom. The highest BCUT2D eigenvalue weighted by molar-refractivity contribution is 5.35. The van der Waals surface area contributed by atoms with Crippen LogP contribution in [0.4, 0.5) is 5.82 Å². The molecule has 0 aromatic carbocycles. The summed E-state index contributed by atoms with van der Waals surface area (Å²) in [6, 6.07) is 0. The van der Waals surface area contributed by atoms with Crippen LogP contribution in [-0.2, 0) is 18.8 Å². The Morgan fingerprint density at radius 2 is 1.72 bits per heavy atom. The minimum absolute atomic E-state index is 0.0393. The van der Waals surface area contributed by atoms with Crippen molar-refractivity contribution < 1.29 is 4.74 Å². The molecule has 1 aliphatic rings. The smallest absolute Gasteiger partial charge is 0.346 e. The van der Waals surface area contributed by atoms with E-state index in [4.69, 9.17) is 4.74 Å². The molecule has 0 bridgehead atoms. The molecule has 1 aromatic heterocycles. The molecule has 2 atom stereocenters. The summed E-state index contributed by atoms with van der Waals surface area (Å²) in [6.07, 6.45) is 0.0787. The summed E-state index contributed by atoms with van der Waals surface area (Å²) < 4.78 is 7.87. The SMILES string of the molecule is CC1CN(c2nn(C)c(=O)n(C)c2=O)CC(C)O1. The molecule has 0 aliphatic carbocycles. The van der Waals surface area contributed by atoms with Gasteiger partial charge in [0.2, 0.25) is 5.82 Å². The molecule has 1 fully saturated rings. The third-order valence-corrected chi connectivity index (χ3v) is 3.02. The van der Waals surface area contributed by atoms with Crippen LogP contribution in [-0.4, -0.2) is 39.6 Å². The molecule has 7 nitrogen and oxygen atoms in total. The van der Waals surface area contributed by atoms with Crippen LogP contribution in [0.2, 0.25) is 0 Å². The van der Waals surface area contributed by atoms with E-state index >= 15 is 0 Å². The lowest BCUT2D eigenvalue weighted by molar-refractivity contribution is -0.00567. The van der Waals surface area contributed by atoms with Crippen LogP contribution in [0.25, 0.3) is 0 Å². The van der Waals surface area contributed by atoms with Crippen LogP contribution in [0.15, 0.2) is 9.59 Å². The maximum atomic E-state index is 12.1. The summed E-state index contributed by atoms with van der Waals surface area (Å²) in [5.41, 5.74) is -0.780. The molecule has 7 heteroatoms. The first-order valence-electron chi connectivity index (χ1n) is 5.95. The predicted octanol–water partition coefficient (Wildman–Crippen LogP) is -0.907. The van der Waals surface area contributed by atoms with Gasteiger partial charge in [0.05, 0.1) is 12.2 Å². The number of anilines is 1. The molecule has 2 heterocycles. The number of hydrogen-bond donors (Lipinski definition) is 0. The Morgan fingerprint density at radius 1 is 1.17 bits per heavy atom. The van der Waals surface area contributed by atoms with Crippen molar-refractivity contribution >= 4 is 5.82 Å². The lowest BCUT2D eigenvalue weighted by Crippen LogP contribution is -2.50. The fourth-order valence-electron chi connectivity index (χ4n) is 2.23. The van der Waals surface area contributed by atoms with Crippen LogP contribution < -0.4 is 16.1 Å². The molecule has 0 saturated carbocycles. The zero-order chi connectivity index (χ0) is 13.4. The van der Waals surface area contributed by atoms with Gasteiger partial charge >= 0.3 is 5.69 Å². The van der Waals surface area contributed by atoms with Crippen molar-refractivity contribution in [1.29, 1.82) is 0 Å². The molecule has 1 aromatic rings. The van der Waals surface area contributed by atoms with Gasteiger partial charge < -0.3 is 9.64 Å². The lowest BCUT2D eigenvalue weighted by Gasteiger charge is -2.35. The number of rotatable bonds is 1. The van der Waals surface area contributed by atoms with Gasteiger partial charge in [-0.3, -0.25) is 9.36 Å². The molecule has 1 saturated heterocycles. The average Bonchev–Trinajstić information content (AvgIpc) is 2.30. The van der Waals surface area contributed by atoms with Gasteiger partial charge in [0.25, 0.3) is 5.56 Å². The second-order valence-corrected chi connectivity index (χ2v) is 4.76. The molecule has 0 spiro atoms. The van der Waals surface area contributed by atoms with Crippen molar-refractivity contribution in [2.75, 3.05) is 18.0 Å². The van der Waals surface area contributed by atoms with E-state index in [9.17, 15) is 9.59 Å². The molecule has 0 radical (unpaired) electrons. The van der Waals surface area contributed by atoms with E-state index in [0.29, 0.717) is 18.9 Å². The van der Waals surface area contributed by atoms with Crippen molar-refractivity contribution in [3.8, 4) is 0 Å². The van der Waals surface area contributed by atoms with Crippen molar-refractivity contribution in [1.82, 2.24) is 14.3 Å². The standard InChI is InChI=1S/C11H18N4O3/c1-7-5-15(6-8(2)18-7)9-10(16)13(3)11(17)14(4)12-9/h7-8H,5-6H2,1-4H3. The monoisotopic (exact) mass is 254 g/mol. The van der Waals surface area contributed by atoms with Gasteiger partial charge in [-0.25, -0.2) is 9.48 Å². The van der Waals surface area contributed by atoms with Crippen molar-refractivity contribution in [3.05, 3.63) is 20.8 Å². The second-order valence-electron chi connectivity index (χ2n) is 4.76. The Labute approximate surface area is 105 Å². The van der Waals surface area contributed by atoms with E-state index in [1.807, 2.05) is 18.7 Å². The number of aryl methyl sites for hydroxylation is 1. The van der Waals surface area contributed by atoms with Crippen molar-refractivity contribution in [2.24, 2.45) is 14.1 Å². The summed E-state index contributed by atoms with van der Waals surface area (Å²) in [7, 11) is 3.00. The molecule has 1 aliphatic heterocycles. The number of nitrogens with zero attached hydrogens (tertiary/aromatic N) is 4. The molecular formula is C11H18N4O3. The number of morpholine rings is 1. The van der Waals surface area contributed by atoms with E-state index < -0.39 is 5.69 Å². The summed E-state index contributed by atoms with van der Waals surface area (Å²) >= 11 is 0. The van der Waals surface area contributed by atoms with Gasteiger partial charge in [-0.15, -0.1) is 5.10 Å². The van der Waals surface area contributed by atoms with E-state index in [0.717, 1.165) is 4.57 Å². The Hall–Kier alpha value is -1.63. The maximum absolute atomic E-state index is 12.1. The van der Waals surface area contributed by atoms with E-state index in [1.165, 1.54) is 11.7 Å². The molecule has 0 N–H and O–H groups in total. The van der Waals surface area contributed by atoms with Gasteiger partial charge in [0.15, 0.2) is 0 Å². The van der Waals surface area contributed by atoms with E-state index in [-0.39, 0.29) is 17.8 Å². The Kier molecular flexibility index (Phi) is 3.25. The topological polar surface area (TPSA) is 69.4 Å². The van der Waals surface area contributed by atoms with E-state index in [1.54, 1.807) is 7.05 Å². The highest BCUT2D eigenvalue weighted by atomic mass is 16.5. The predicted molar refractivity (Wildman–Crippen MR) is 66.9 cm³/mol. The number of hydrogen-bond acceptors (Lipinski definition) is 5. The zero-order valence-corrected chi connectivity index (χ0v) is 11.1. The van der Waals surface area contributed by atoms with Crippen molar-refractivity contribution in [3.63, 3.8) is 0 Å². The molecular weight excluding hydrogens is 236 g/mol. The second kappa shape index (κ2) is 4.56. The van der Waals surface area contributed by atoms with Gasteiger partial charge in [-0.2, -0.15) is 0 Å². The molecule has 18 heavy (non-hydrogen) atoms. The summed E-state index contributed by atoms with van der Waals surface area (Å²) in [4.78, 5) is 25.5. The summed E-state index contributed by atoms with van der Waals surface area (Å²) in [5.74, 6) is 0.307. The minimum Gasteiger partial charge on any atom is -0.372 e. The van der Waals surface area contributed by atoms with Crippen LogP contribution >= 0.6 is 0 Å².